The minimum Gasteiger partial charge on any atom is -0.314 e. The standard InChI is InChI=1S/C25H26Cl2N4O4/c1-25(2)21(31-23(33)29(24(34)35-31)19-14-10-17(27)11-15-19)28(18-12-8-16(26)9-13-18)22(32)30(25)20-6-4-3-5-7-20/h8-15,20-21H,3-7H2,1-2H3/t21-/m1/s1. The lowest BCUT2D eigenvalue weighted by Gasteiger charge is -2.40. The van der Waals surface area contributed by atoms with Crippen molar-refractivity contribution in [3.63, 3.8) is 0 Å². The van der Waals surface area contributed by atoms with Gasteiger partial charge in [-0.15, -0.1) is 4.74 Å². The SMILES string of the molecule is CC1(C)[C@@H](n2oc(=O)n(-c3ccc(Cl)cc3)c2=O)N(c2ccc(Cl)cc2)C(=O)N1C1CCCCC1. The van der Waals surface area contributed by atoms with Crippen LogP contribution in [0.3, 0.4) is 0 Å². The van der Waals surface area contributed by atoms with Crippen molar-refractivity contribution in [1.29, 1.82) is 0 Å². The predicted molar refractivity (Wildman–Crippen MR) is 135 cm³/mol. The number of aromatic nitrogens is 2. The number of hydrogen-bond acceptors (Lipinski definition) is 4. The molecule has 35 heavy (non-hydrogen) atoms. The van der Waals surface area contributed by atoms with E-state index < -0.39 is 23.2 Å². The van der Waals surface area contributed by atoms with Crippen LogP contribution in [0.2, 0.25) is 10.0 Å². The molecule has 2 aliphatic rings. The van der Waals surface area contributed by atoms with Crippen LogP contribution in [0, 0.1) is 0 Å². The van der Waals surface area contributed by atoms with Crippen molar-refractivity contribution < 1.29 is 9.32 Å². The molecule has 0 N–H and O–H groups in total. The number of nitrogens with zero attached hydrogens (tertiary/aromatic N) is 4. The molecule has 1 aromatic heterocycles. The largest absolute Gasteiger partial charge is 0.447 e. The molecular weight excluding hydrogens is 491 g/mol. The zero-order valence-electron chi connectivity index (χ0n) is 19.5. The Labute approximate surface area is 212 Å². The van der Waals surface area contributed by atoms with Crippen molar-refractivity contribution in [2.24, 2.45) is 0 Å². The highest BCUT2D eigenvalue weighted by Crippen LogP contribution is 2.45. The number of carbonyl (C=O) groups is 1. The van der Waals surface area contributed by atoms with E-state index in [2.05, 4.69) is 0 Å². The molecule has 1 saturated heterocycles. The normalized spacial score (nSPS) is 20.6. The highest BCUT2D eigenvalue weighted by Gasteiger charge is 2.57. The van der Waals surface area contributed by atoms with E-state index in [4.69, 9.17) is 27.7 Å². The van der Waals surface area contributed by atoms with Gasteiger partial charge in [-0.05, 0) is 75.2 Å². The first-order valence-corrected chi connectivity index (χ1v) is 12.4. The fourth-order valence-electron chi connectivity index (χ4n) is 5.42. The Balaban J connectivity index is 1.67. The summed E-state index contributed by atoms with van der Waals surface area (Å²) < 4.78 is 7.51. The molecule has 10 heteroatoms. The molecule has 2 aromatic carbocycles. The van der Waals surface area contributed by atoms with Gasteiger partial charge in [0.1, 0.15) is 0 Å². The van der Waals surface area contributed by atoms with Gasteiger partial charge in [-0.1, -0.05) is 42.5 Å². The number of carbonyl (C=O) groups excluding carboxylic acids is 1. The molecule has 2 fully saturated rings. The summed E-state index contributed by atoms with van der Waals surface area (Å²) >= 11 is 12.1. The lowest BCUT2D eigenvalue weighted by atomic mass is 9.90. The van der Waals surface area contributed by atoms with Crippen LogP contribution in [0.1, 0.15) is 52.1 Å². The van der Waals surface area contributed by atoms with Crippen LogP contribution in [0.15, 0.2) is 62.6 Å². The quantitative estimate of drug-likeness (QED) is 0.461. The number of urea groups is 1. The first-order chi connectivity index (χ1) is 16.7. The Kier molecular flexibility index (Phi) is 6.05. The van der Waals surface area contributed by atoms with Crippen LogP contribution in [0.25, 0.3) is 5.69 Å². The maximum Gasteiger partial charge on any atom is 0.447 e. The number of rotatable bonds is 4. The van der Waals surface area contributed by atoms with Crippen LogP contribution in [0.4, 0.5) is 10.5 Å². The molecule has 1 saturated carbocycles. The number of anilines is 1. The molecule has 5 rings (SSSR count). The van der Waals surface area contributed by atoms with Crippen LogP contribution >= 0.6 is 23.2 Å². The molecule has 1 aliphatic heterocycles. The van der Waals surface area contributed by atoms with Crippen LogP contribution < -0.4 is 16.3 Å². The van der Waals surface area contributed by atoms with E-state index >= 15 is 0 Å². The van der Waals surface area contributed by atoms with E-state index in [0.717, 1.165) is 41.4 Å². The van der Waals surface area contributed by atoms with Gasteiger partial charge in [0.15, 0.2) is 6.17 Å². The first kappa shape index (κ1) is 23.8. The van der Waals surface area contributed by atoms with E-state index in [-0.39, 0.29) is 12.1 Å². The van der Waals surface area contributed by atoms with E-state index in [1.54, 1.807) is 48.5 Å². The molecule has 0 bridgehead atoms. The molecule has 0 unspecified atom stereocenters. The highest BCUT2D eigenvalue weighted by atomic mass is 35.5. The number of hydrogen-bond donors (Lipinski definition) is 0. The summed E-state index contributed by atoms with van der Waals surface area (Å²) in [4.78, 5) is 43.8. The van der Waals surface area contributed by atoms with Gasteiger partial charge >= 0.3 is 17.5 Å². The van der Waals surface area contributed by atoms with E-state index in [1.807, 2.05) is 18.7 Å². The number of amides is 2. The minimum absolute atomic E-state index is 0.0341. The molecule has 2 amide bonds. The second-order valence-corrected chi connectivity index (χ2v) is 10.5. The van der Waals surface area contributed by atoms with Gasteiger partial charge in [-0.2, -0.15) is 4.57 Å². The smallest absolute Gasteiger partial charge is 0.314 e. The van der Waals surface area contributed by atoms with Gasteiger partial charge in [0.25, 0.3) is 0 Å². The molecule has 1 atom stereocenters. The molecule has 184 valence electrons. The average Bonchev–Trinajstić information content (AvgIpc) is 3.23. The Morgan fingerprint density at radius 2 is 1.37 bits per heavy atom. The maximum atomic E-state index is 14.0. The molecule has 0 spiro atoms. The predicted octanol–water partition coefficient (Wildman–Crippen LogP) is 5.45. The maximum absolute atomic E-state index is 14.0. The summed E-state index contributed by atoms with van der Waals surface area (Å²) in [6.45, 7) is 3.82. The topological polar surface area (TPSA) is 80.7 Å². The second kappa shape index (κ2) is 8.91. The Bertz CT molecular complexity index is 1350. The second-order valence-electron chi connectivity index (χ2n) is 9.60. The van der Waals surface area contributed by atoms with Crippen LogP contribution in [0.5, 0.6) is 0 Å². The van der Waals surface area contributed by atoms with Gasteiger partial charge in [-0.3, -0.25) is 4.90 Å². The summed E-state index contributed by atoms with van der Waals surface area (Å²) in [6, 6.07) is 13.0. The van der Waals surface area contributed by atoms with Crippen molar-refractivity contribution in [2.45, 2.75) is 63.7 Å². The third-order valence-corrected chi connectivity index (χ3v) is 7.50. The van der Waals surface area contributed by atoms with Crippen molar-refractivity contribution in [3.8, 4) is 5.69 Å². The molecular formula is C25H26Cl2N4O4. The Morgan fingerprint density at radius 3 is 1.94 bits per heavy atom. The first-order valence-electron chi connectivity index (χ1n) is 11.7. The Morgan fingerprint density at radius 1 is 0.829 bits per heavy atom. The van der Waals surface area contributed by atoms with Crippen molar-refractivity contribution in [3.05, 3.63) is 79.6 Å². The van der Waals surface area contributed by atoms with Gasteiger partial charge in [0.05, 0.1) is 11.2 Å². The van der Waals surface area contributed by atoms with Crippen molar-refractivity contribution in [2.75, 3.05) is 4.90 Å². The number of halogens is 2. The molecule has 8 nitrogen and oxygen atoms in total. The summed E-state index contributed by atoms with van der Waals surface area (Å²) in [5.74, 6) is -0.840. The van der Waals surface area contributed by atoms with E-state index in [9.17, 15) is 14.4 Å². The third kappa shape index (κ3) is 3.98. The lowest BCUT2D eigenvalue weighted by Crippen LogP contribution is -2.51. The van der Waals surface area contributed by atoms with Gasteiger partial charge < -0.3 is 9.42 Å². The molecule has 1 aliphatic carbocycles. The van der Waals surface area contributed by atoms with Crippen molar-refractivity contribution in [1.82, 2.24) is 14.2 Å². The number of benzene rings is 2. The van der Waals surface area contributed by atoms with Gasteiger partial charge in [-0.25, -0.2) is 14.4 Å². The van der Waals surface area contributed by atoms with Crippen LogP contribution in [-0.2, 0) is 0 Å². The zero-order valence-corrected chi connectivity index (χ0v) is 21.0. The summed E-state index contributed by atoms with van der Waals surface area (Å²) in [6.07, 6.45) is 4.10. The summed E-state index contributed by atoms with van der Waals surface area (Å²) in [5.41, 5.74) is -0.640. The lowest BCUT2D eigenvalue weighted by molar-refractivity contribution is 0.0605. The molecule has 3 aromatic rings. The van der Waals surface area contributed by atoms with Crippen LogP contribution in [-0.4, -0.2) is 31.8 Å². The molecule has 2 heterocycles. The van der Waals surface area contributed by atoms with Gasteiger partial charge in [0.2, 0.25) is 0 Å². The average molecular weight is 517 g/mol. The Hall–Kier alpha value is -2.97. The highest BCUT2D eigenvalue weighted by molar-refractivity contribution is 6.30. The monoisotopic (exact) mass is 516 g/mol. The fourth-order valence-corrected chi connectivity index (χ4v) is 5.67. The minimum atomic E-state index is -0.896. The fraction of sp³-hybridized carbons (Fsp3) is 0.400. The summed E-state index contributed by atoms with van der Waals surface area (Å²) in [5, 5.41) is 1.00. The van der Waals surface area contributed by atoms with Crippen molar-refractivity contribution >= 4 is 34.9 Å². The summed E-state index contributed by atoms with van der Waals surface area (Å²) in [7, 11) is 0. The molecule has 0 radical (unpaired) electrons. The van der Waals surface area contributed by atoms with E-state index in [0.29, 0.717) is 21.4 Å². The van der Waals surface area contributed by atoms with E-state index in [1.165, 1.54) is 4.90 Å². The van der Waals surface area contributed by atoms with Gasteiger partial charge in [0, 0.05) is 21.8 Å². The third-order valence-electron chi connectivity index (χ3n) is 7.00. The zero-order chi connectivity index (χ0) is 24.9.